The van der Waals surface area contributed by atoms with Gasteiger partial charge in [0.1, 0.15) is 11.5 Å². The van der Waals surface area contributed by atoms with E-state index in [-0.39, 0.29) is 0 Å². The normalized spacial score (nSPS) is 20.1. The molecule has 0 spiro atoms. The number of likely N-dealkylation sites (N-methyl/N-ethyl adjacent to an activating group) is 2. The zero-order chi connectivity index (χ0) is 31.2. The summed E-state index contributed by atoms with van der Waals surface area (Å²) >= 11 is 0. The Kier molecular flexibility index (Phi) is 7.09. The van der Waals surface area contributed by atoms with Crippen LogP contribution < -0.4 is 9.80 Å². The van der Waals surface area contributed by atoms with Gasteiger partial charge in [-0.15, -0.1) is 0 Å². The average Bonchev–Trinajstić information content (AvgIpc) is 2.80. The maximum absolute atomic E-state index is 12.0. The summed E-state index contributed by atoms with van der Waals surface area (Å²) in [6.45, 7) is 18.2. The first-order chi connectivity index (χ1) is 19.2. The Balaban J connectivity index is 1.73. The van der Waals surface area contributed by atoms with E-state index in [1.165, 1.54) is 0 Å². The summed E-state index contributed by atoms with van der Waals surface area (Å²) < 4.78 is 67.7. The molecule has 0 saturated heterocycles. The van der Waals surface area contributed by atoms with Crippen molar-refractivity contribution < 1.29 is 25.9 Å². The van der Waals surface area contributed by atoms with Crippen molar-refractivity contribution in [3.8, 4) is 0 Å². The maximum Gasteiger partial charge on any atom is 0.269 e. The molecule has 0 radical (unpaired) electrons. The number of hydrogen-bond acceptors (Lipinski definition) is 6. The lowest BCUT2D eigenvalue weighted by Gasteiger charge is -2.46. The van der Waals surface area contributed by atoms with Gasteiger partial charge in [-0.25, -0.2) is 0 Å². The monoisotopic (exact) mass is 614 g/mol. The average molecular weight is 615 g/mol. The summed E-state index contributed by atoms with van der Waals surface area (Å²) in [4.78, 5) is 4.53. The maximum atomic E-state index is 12.0. The van der Waals surface area contributed by atoms with Gasteiger partial charge >= 0.3 is 0 Å². The molecule has 2 aromatic carbocycles. The standard InChI is InChI=1S/C32H42N2O6S2/c1-9-33-28-14-26-20(12-24(28)22(16-30(33,3)4)18-41(35,36)37)11-21-13-25-23(19-42(38,39)40)17-31(5,6)34(10-2)29(25)15-27(21)32(26,7)8/h12-17H,9-11,18-19H2,1-8H3,(H,35,36,37)(H,38,39,40). The summed E-state index contributed by atoms with van der Waals surface area (Å²) in [5.41, 5.74) is 7.80. The smallest absolute Gasteiger partial charge is 0.269 e. The molecule has 0 fully saturated rings. The van der Waals surface area contributed by atoms with Crippen molar-refractivity contribution >= 4 is 42.8 Å². The van der Waals surface area contributed by atoms with E-state index in [9.17, 15) is 25.9 Å². The highest BCUT2D eigenvalue weighted by Crippen LogP contribution is 2.50. The minimum Gasteiger partial charge on any atom is -0.363 e. The summed E-state index contributed by atoms with van der Waals surface area (Å²) in [5, 5.41) is 0. The Labute approximate surface area is 250 Å². The third-order valence-corrected chi connectivity index (χ3v) is 10.6. The highest BCUT2D eigenvalue weighted by atomic mass is 32.2. The number of hydrogen-bond donors (Lipinski definition) is 2. The van der Waals surface area contributed by atoms with Crippen LogP contribution in [0.3, 0.4) is 0 Å². The van der Waals surface area contributed by atoms with E-state index in [0.29, 0.717) is 17.6 Å². The van der Waals surface area contributed by atoms with Gasteiger partial charge in [0.2, 0.25) is 0 Å². The molecule has 0 aromatic heterocycles. The van der Waals surface area contributed by atoms with Gasteiger partial charge in [0.05, 0.1) is 11.1 Å². The second-order valence-corrected chi connectivity index (χ2v) is 16.3. The Hall–Kier alpha value is -2.66. The lowest BCUT2D eigenvalue weighted by molar-refractivity contribution is 0.484. The molecule has 2 aliphatic heterocycles. The quantitative estimate of drug-likeness (QED) is 0.399. The number of benzene rings is 2. The van der Waals surface area contributed by atoms with E-state index in [0.717, 1.165) is 57.8 Å². The van der Waals surface area contributed by atoms with E-state index >= 15 is 0 Å². The van der Waals surface area contributed by atoms with E-state index in [2.05, 4.69) is 61.8 Å². The molecule has 0 saturated carbocycles. The van der Waals surface area contributed by atoms with Gasteiger partial charge < -0.3 is 9.80 Å². The molecular formula is C32H42N2O6S2. The summed E-state index contributed by atoms with van der Waals surface area (Å²) in [7, 11) is -8.50. The summed E-state index contributed by atoms with van der Waals surface area (Å²) in [5.74, 6) is -0.917. The highest BCUT2D eigenvalue weighted by molar-refractivity contribution is 7.86. The number of nitrogens with zero attached hydrogens (tertiary/aromatic N) is 2. The molecule has 0 unspecified atom stereocenters. The fourth-order valence-electron chi connectivity index (χ4n) is 7.61. The number of anilines is 2. The van der Waals surface area contributed by atoms with Gasteiger partial charge in [0.15, 0.2) is 0 Å². The fourth-order valence-corrected chi connectivity index (χ4v) is 8.87. The minimum atomic E-state index is -4.25. The first-order valence-corrected chi connectivity index (χ1v) is 17.6. The van der Waals surface area contributed by atoms with Crippen LogP contribution in [0.1, 0.15) is 88.8 Å². The Morgan fingerprint density at radius 2 is 1.02 bits per heavy atom. The topological polar surface area (TPSA) is 115 Å². The van der Waals surface area contributed by atoms with Crippen LogP contribution in [0.15, 0.2) is 36.4 Å². The lowest BCUT2D eigenvalue weighted by atomic mass is 9.67. The van der Waals surface area contributed by atoms with Crippen molar-refractivity contribution in [3.63, 3.8) is 0 Å². The molecule has 3 aliphatic rings. The third kappa shape index (κ3) is 5.20. The lowest BCUT2D eigenvalue weighted by Crippen LogP contribution is -2.46. The van der Waals surface area contributed by atoms with Crippen LogP contribution >= 0.6 is 0 Å². The van der Waals surface area contributed by atoms with Crippen molar-refractivity contribution in [1.82, 2.24) is 0 Å². The summed E-state index contributed by atoms with van der Waals surface area (Å²) in [6, 6.07) is 8.53. The van der Waals surface area contributed by atoms with E-state index in [1.807, 2.05) is 39.8 Å². The first kappa shape index (κ1) is 30.8. The van der Waals surface area contributed by atoms with E-state index in [1.54, 1.807) is 0 Å². The van der Waals surface area contributed by atoms with Gasteiger partial charge in [-0.2, -0.15) is 16.8 Å². The van der Waals surface area contributed by atoms with Crippen LogP contribution in [0, 0.1) is 0 Å². The Morgan fingerprint density at radius 3 is 1.33 bits per heavy atom. The number of fused-ring (bicyclic) bond motifs is 4. The molecule has 5 rings (SSSR count). The summed E-state index contributed by atoms with van der Waals surface area (Å²) in [6.07, 6.45) is 4.45. The molecule has 228 valence electrons. The zero-order valence-electron chi connectivity index (χ0n) is 25.7. The van der Waals surface area contributed by atoms with Crippen molar-refractivity contribution in [2.45, 2.75) is 78.3 Å². The molecule has 10 heteroatoms. The van der Waals surface area contributed by atoms with Crippen LogP contribution in [-0.2, 0) is 32.1 Å². The fraction of sp³-hybridized carbons (Fsp3) is 0.500. The molecule has 2 aromatic rings. The van der Waals surface area contributed by atoms with E-state index < -0.39 is 48.2 Å². The van der Waals surface area contributed by atoms with Gasteiger partial charge in [0.25, 0.3) is 20.2 Å². The van der Waals surface area contributed by atoms with Crippen LogP contribution in [-0.4, -0.2) is 61.6 Å². The third-order valence-electron chi connectivity index (χ3n) is 9.20. The second-order valence-electron chi connectivity index (χ2n) is 13.4. The molecule has 42 heavy (non-hydrogen) atoms. The van der Waals surface area contributed by atoms with Gasteiger partial charge in [-0.3, -0.25) is 9.11 Å². The second kappa shape index (κ2) is 9.67. The Bertz CT molecular complexity index is 1640. The number of rotatable bonds is 6. The van der Waals surface area contributed by atoms with Crippen LogP contribution in [0.2, 0.25) is 0 Å². The van der Waals surface area contributed by atoms with Gasteiger partial charge in [0, 0.05) is 41.0 Å². The van der Waals surface area contributed by atoms with Gasteiger partial charge in [-0.05, 0) is 106 Å². The predicted molar refractivity (Wildman–Crippen MR) is 171 cm³/mol. The Morgan fingerprint density at radius 1 is 0.667 bits per heavy atom. The predicted octanol–water partition coefficient (Wildman–Crippen LogP) is 5.70. The first-order valence-electron chi connectivity index (χ1n) is 14.4. The molecular weight excluding hydrogens is 572 g/mol. The van der Waals surface area contributed by atoms with Gasteiger partial charge in [-0.1, -0.05) is 26.0 Å². The molecule has 1 aliphatic carbocycles. The molecule has 0 atom stereocenters. The van der Waals surface area contributed by atoms with Crippen molar-refractivity contribution in [1.29, 1.82) is 0 Å². The van der Waals surface area contributed by atoms with Crippen LogP contribution in [0.25, 0.3) is 11.1 Å². The molecule has 2 heterocycles. The van der Waals surface area contributed by atoms with Crippen molar-refractivity contribution in [2.24, 2.45) is 0 Å². The molecule has 0 amide bonds. The van der Waals surface area contributed by atoms with E-state index in [4.69, 9.17) is 0 Å². The zero-order valence-corrected chi connectivity index (χ0v) is 27.4. The van der Waals surface area contributed by atoms with Crippen LogP contribution in [0.4, 0.5) is 11.4 Å². The molecule has 0 bridgehead atoms. The largest absolute Gasteiger partial charge is 0.363 e. The molecule has 2 N–H and O–H groups in total. The van der Waals surface area contributed by atoms with Crippen molar-refractivity contribution in [2.75, 3.05) is 34.4 Å². The minimum absolute atomic E-state index is 0.408. The van der Waals surface area contributed by atoms with Crippen molar-refractivity contribution in [3.05, 3.63) is 69.8 Å². The SMILES string of the molecule is CCN1c2cc3c(cc2C(CS(=O)(=O)O)=CC1(C)C)Cc1cc2c(cc1C3(C)C)N(CC)C(C)(C)C=C2CS(=O)(=O)O. The highest BCUT2D eigenvalue weighted by Gasteiger charge is 2.40. The molecule has 8 nitrogen and oxygen atoms in total. The van der Waals surface area contributed by atoms with Crippen LogP contribution in [0.5, 0.6) is 0 Å².